The topological polar surface area (TPSA) is 88.3 Å². The highest BCUT2D eigenvalue weighted by molar-refractivity contribution is 14.1. The van der Waals surface area contributed by atoms with Crippen LogP contribution in [0.15, 0.2) is 47.5 Å². The lowest BCUT2D eigenvalue weighted by atomic mass is 10.2. The van der Waals surface area contributed by atoms with Gasteiger partial charge in [-0.2, -0.15) is 0 Å². The molecule has 1 fully saturated rings. The van der Waals surface area contributed by atoms with Crippen molar-refractivity contribution in [3.8, 4) is 0 Å². The zero-order valence-electron chi connectivity index (χ0n) is 15.5. The Hall–Kier alpha value is -1.34. The first kappa shape index (κ1) is 21.4. The number of likely N-dealkylation sites (N-methyl/N-ethyl adjacent to an activating group) is 1. The van der Waals surface area contributed by atoms with Gasteiger partial charge in [0, 0.05) is 21.5 Å². The van der Waals surface area contributed by atoms with Gasteiger partial charge in [0.15, 0.2) is 5.11 Å². The Labute approximate surface area is 184 Å². The van der Waals surface area contributed by atoms with E-state index in [2.05, 4.69) is 56.8 Å². The lowest BCUT2D eigenvalue weighted by Crippen LogP contribution is -2.62. The zero-order valence-corrected chi connectivity index (χ0v) is 19.3. The molecule has 0 unspecified atom stereocenters. The van der Waals surface area contributed by atoms with Crippen molar-refractivity contribution in [1.29, 1.82) is 0 Å². The number of hydrogen-bond donors (Lipinski definition) is 2. The highest BCUT2D eigenvalue weighted by atomic mass is 127. The molecule has 28 heavy (non-hydrogen) atoms. The number of piperazine rings is 1. The molecule has 0 saturated carbocycles. The third kappa shape index (κ3) is 4.79. The van der Waals surface area contributed by atoms with Gasteiger partial charge in [-0.15, -0.1) is 0 Å². The van der Waals surface area contributed by atoms with Crippen molar-refractivity contribution in [2.45, 2.75) is 11.8 Å². The Bertz CT molecular complexity index is 941. The smallest absolute Gasteiger partial charge is 0.238 e. The minimum atomic E-state index is -3.69. The van der Waals surface area contributed by atoms with Crippen molar-refractivity contribution in [1.82, 2.24) is 14.4 Å². The van der Waals surface area contributed by atoms with Crippen molar-refractivity contribution in [2.75, 3.05) is 38.0 Å². The number of pyridine rings is 1. The molecular weight excluding hydrogens is 509 g/mol. The molecular formula is C18H23IN5O2S2+. The van der Waals surface area contributed by atoms with Gasteiger partial charge in [-0.05, 0) is 72.1 Å². The van der Waals surface area contributed by atoms with Gasteiger partial charge in [-0.1, -0.05) is 0 Å². The summed E-state index contributed by atoms with van der Waals surface area (Å²) in [5.41, 5.74) is 0.735. The Balaban J connectivity index is 1.64. The summed E-state index contributed by atoms with van der Waals surface area (Å²) >= 11 is 7.82. The maximum absolute atomic E-state index is 11.4. The molecule has 150 valence electrons. The molecule has 0 radical (unpaired) electrons. The van der Waals surface area contributed by atoms with Crippen molar-refractivity contribution in [2.24, 2.45) is 5.14 Å². The van der Waals surface area contributed by atoms with Crippen molar-refractivity contribution in [3.63, 3.8) is 0 Å². The van der Waals surface area contributed by atoms with Crippen LogP contribution in [0.3, 0.4) is 0 Å². The molecule has 7 nitrogen and oxygen atoms in total. The maximum Gasteiger partial charge on any atom is 0.238 e. The van der Waals surface area contributed by atoms with Gasteiger partial charge < -0.3 is 10.2 Å². The van der Waals surface area contributed by atoms with Crippen molar-refractivity contribution < 1.29 is 8.42 Å². The first-order valence-corrected chi connectivity index (χ1v) is 11.9. The van der Waals surface area contributed by atoms with Crippen LogP contribution in [-0.2, 0) is 10.0 Å². The van der Waals surface area contributed by atoms with E-state index in [-0.39, 0.29) is 4.90 Å². The number of sulfonamides is 1. The quantitative estimate of drug-likeness (QED) is 0.357. The van der Waals surface area contributed by atoms with E-state index in [1.807, 2.05) is 6.20 Å². The molecule has 1 aliphatic heterocycles. The summed E-state index contributed by atoms with van der Waals surface area (Å²) in [5, 5.41) is 8.94. The van der Waals surface area contributed by atoms with Gasteiger partial charge in [0.1, 0.15) is 13.1 Å². The predicted molar refractivity (Wildman–Crippen MR) is 125 cm³/mol. The molecule has 3 N–H and O–H groups in total. The van der Waals surface area contributed by atoms with Crippen LogP contribution in [0.2, 0.25) is 0 Å². The normalized spacial score (nSPS) is 16.6. The zero-order chi connectivity index (χ0) is 20.4. The van der Waals surface area contributed by atoms with E-state index in [1.54, 1.807) is 12.1 Å². The van der Waals surface area contributed by atoms with E-state index in [0.29, 0.717) is 5.11 Å². The van der Waals surface area contributed by atoms with Gasteiger partial charge >= 0.3 is 0 Å². The molecule has 0 spiro atoms. The Morgan fingerprint density at radius 3 is 2.39 bits per heavy atom. The third-order valence-electron chi connectivity index (χ3n) is 5.12. The van der Waals surface area contributed by atoms with E-state index in [9.17, 15) is 8.42 Å². The molecule has 0 bridgehead atoms. The second-order valence-corrected chi connectivity index (χ2v) is 9.92. The summed E-state index contributed by atoms with van der Waals surface area (Å²) in [4.78, 5) is 6.87. The molecule has 3 rings (SSSR count). The van der Waals surface area contributed by atoms with Crippen LogP contribution in [0.1, 0.15) is 6.92 Å². The van der Waals surface area contributed by atoms with Crippen molar-refractivity contribution >= 4 is 61.4 Å². The van der Waals surface area contributed by atoms with Crippen LogP contribution >= 0.6 is 34.8 Å². The van der Waals surface area contributed by atoms with Crippen LogP contribution in [-0.4, -0.2) is 56.1 Å². The number of nitrogens with one attached hydrogen (secondary N) is 1. The molecule has 0 amide bonds. The second-order valence-electron chi connectivity index (χ2n) is 6.73. The number of thiocarbonyl (C=S) groups is 1. The predicted octanol–water partition coefficient (Wildman–Crippen LogP) is 2.37. The molecule has 0 aliphatic carbocycles. The summed E-state index contributed by atoms with van der Waals surface area (Å²) in [6.45, 7) is 6.67. The fourth-order valence-electron chi connectivity index (χ4n) is 3.34. The summed E-state index contributed by atoms with van der Waals surface area (Å²) in [5.74, 6) is 1.10. The molecule has 1 aromatic carbocycles. The number of primary sulfonamides is 1. The van der Waals surface area contributed by atoms with E-state index >= 15 is 0 Å². The Morgan fingerprint density at radius 2 is 1.89 bits per heavy atom. The van der Waals surface area contributed by atoms with E-state index in [4.69, 9.17) is 17.4 Å². The fourth-order valence-corrected chi connectivity index (χ4v) is 4.47. The van der Waals surface area contributed by atoms with Gasteiger partial charge in [0.2, 0.25) is 15.8 Å². The number of aromatic nitrogens is 1. The van der Waals surface area contributed by atoms with Crippen LogP contribution in [0, 0.1) is 3.57 Å². The van der Waals surface area contributed by atoms with E-state index in [0.717, 1.165) is 52.3 Å². The van der Waals surface area contributed by atoms with Gasteiger partial charge in [-0.25, -0.2) is 18.5 Å². The summed E-state index contributed by atoms with van der Waals surface area (Å²) < 4.78 is 24.7. The third-order valence-corrected chi connectivity index (χ3v) is 7.05. The highest BCUT2D eigenvalue weighted by Gasteiger charge is 2.35. The lowest BCUT2D eigenvalue weighted by Gasteiger charge is -2.43. The number of anilines is 1. The molecule has 2 heterocycles. The maximum atomic E-state index is 11.4. The molecule has 10 heteroatoms. The molecule has 0 atom stereocenters. The number of benzene rings is 1. The minimum absolute atomic E-state index is 0.0805. The van der Waals surface area contributed by atoms with Gasteiger partial charge in [0.25, 0.3) is 0 Å². The number of rotatable bonds is 4. The molecule has 1 aliphatic rings. The summed E-state index contributed by atoms with van der Waals surface area (Å²) in [6, 6.07) is 10.5. The fraction of sp³-hybridized carbons (Fsp3) is 0.333. The molecule has 2 aromatic rings. The van der Waals surface area contributed by atoms with Gasteiger partial charge in [0.05, 0.1) is 24.5 Å². The lowest BCUT2D eigenvalue weighted by molar-refractivity contribution is 0.188. The molecule has 1 aromatic heterocycles. The second kappa shape index (κ2) is 8.57. The summed E-state index contributed by atoms with van der Waals surface area (Å²) in [7, 11) is -3.69. The van der Waals surface area contributed by atoms with Crippen LogP contribution in [0.5, 0.6) is 0 Å². The van der Waals surface area contributed by atoms with E-state index < -0.39 is 10.0 Å². The average molecular weight is 532 g/mol. The number of quaternary nitrogens is 1. The summed E-state index contributed by atoms with van der Waals surface area (Å²) in [6.07, 6.45) is 1.91. The SMILES string of the molecule is CC[N+]1(c2ccc(I)cn2)CCN(C(=S)Nc2ccc(S(N)(=O)=O)cc2)CC1. The van der Waals surface area contributed by atoms with Crippen LogP contribution in [0.25, 0.3) is 0 Å². The number of nitrogens with two attached hydrogens (primary N) is 1. The van der Waals surface area contributed by atoms with E-state index in [1.165, 1.54) is 12.1 Å². The van der Waals surface area contributed by atoms with Crippen LogP contribution < -0.4 is 14.9 Å². The average Bonchev–Trinajstić information content (AvgIpc) is 2.68. The first-order valence-electron chi connectivity index (χ1n) is 8.90. The minimum Gasteiger partial charge on any atom is -0.338 e. The molecule has 1 saturated heterocycles. The largest absolute Gasteiger partial charge is 0.338 e. The number of nitrogens with zero attached hydrogens (tertiary/aromatic N) is 3. The van der Waals surface area contributed by atoms with Crippen LogP contribution in [0.4, 0.5) is 11.5 Å². The monoisotopic (exact) mass is 532 g/mol. The Morgan fingerprint density at radius 1 is 1.25 bits per heavy atom. The Kier molecular flexibility index (Phi) is 6.54. The van der Waals surface area contributed by atoms with Crippen molar-refractivity contribution in [3.05, 3.63) is 46.2 Å². The standard InChI is InChI=1S/C18H22IN5O2S2/c1-2-24(17-8-3-14(19)13-21-17)11-9-23(10-12-24)18(27)22-15-4-6-16(7-5-15)28(20,25)26/h3-8,13H,2,9-12H2,1H3,(H2-,20,22,25,26,27)/p+1. The number of hydrogen-bond acceptors (Lipinski definition) is 4. The highest BCUT2D eigenvalue weighted by Crippen LogP contribution is 2.24. The number of halogens is 1. The van der Waals surface area contributed by atoms with Gasteiger partial charge in [-0.3, -0.25) is 4.48 Å². The first-order chi connectivity index (χ1) is 13.2.